The summed E-state index contributed by atoms with van der Waals surface area (Å²) in [6.07, 6.45) is 3.05. The van der Waals surface area contributed by atoms with Gasteiger partial charge in [-0.05, 0) is 19.4 Å². The SMILES string of the molecule is CNC(=O)COC(=O)/C=C/c1c(C)nn([C@H]2CCS(=O)(=O)C2)c1Cl. The van der Waals surface area contributed by atoms with Gasteiger partial charge in [-0.3, -0.25) is 4.79 Å². The van der Waals surface area contributed by atoms with Crippen molar-refractivity contribution in [3.05, 3.63) is 22.5 Å². The van der Waals surface area contributed by atoms with Gasteiger partial charge in [0.1, 0.15) is 5.15 Å². The van der Waals surface area contributed by atoms with Gasteiger partial charge in [0.25, 0.3) is 5.91 Å². The van der Waals surface area contributed by atoms with E-state index in [0.717, 1.165) is 6.08 Å². The minimum absolute atomic E-state index is 0.00512. The van der Waals surface area contributed by atoms with Gasteiger partial charge >= 0.3 is 5.97 Å². The van der Waals surface area contributed by atoms with Crippen molar-refractivity contribution in [3.8, 4) is 0 Å². The molecular formula is C14H18ClN3O5S. The number of likely N-dealkylation sites (N-methyl/N-ethyl adjacent to an activating group) is 1. The summed E-state index contributed by atoms with van der Waals surface area (Å²) in [5.74, 6) is -0.985. The maximum atomic E-state index is 11.6. The molecule has 0 aliphatic carbocycles. The average Bonchev–Trinajstić information content (AvgIpc) is 3.02. The Bertz CT molecular complexity index is 785. The second kappa shape index (κ2) is 7.35. The fourth-order valence-electron chi connectivity index (χ4n) is 2.34. The molecule has 1 aliphatic rings. The predicted molar refractivity (Wildman–Crippen MR) is 88.3 cm³/mol. The van der Waals surface area contributed by atoms with Crippen LogP contribution in [0.3, 0.4) is 0 Å². The van der Waals surface area contributed by atoms with Gasteiger partial charge in [0.15, 0.2) is 16.4 Å². The lowest BCUT2D eigenvalue weighted by atomic mass is 10.2. The second-order valence-electron chi connectivity index (χ2n) is 5.41. The van der Waals surface area contributed by atoms with Crippen LogP contribution in [0.25, 0.3) is 6.08 Å². The molecule has 0 spiro atoms. The van der Waals surface area contributed by atoms with Crippen LogP contribution in [0.5, 0.6) is 0 Å². The molecule has 1 aromatic heterocycles. The van der Waals surface area contributed by atoms with Crippen molar-refractivity contribution in [2.75, 3.05) is 25.2 Å². The Morgan fingerprint density at radius 1 is 1.50 bits per heavy atom. The molecule has 0 radical (unpaired) electrons. The molecule has 0 aromatic carbocycles. The van der Waals surface area contributed by atoms with E-state index in [-0.39, 0.29) is 29.3 Å². The van der Waals surface area contributed by atoms with Gasteiger partial charge in [0, 0.05) is 18.7 Å². The van der Waals surface area contributed by atoms with Gasteiger partial charge < -0.3 is 10.1 Å². The van der Waals surface area contributed by atoms with Crippen LogP contribution in [0.4, 0.5) is 0 Å². The molecule has 1 fully saturated rings. The lowest BCUT2D eigenvalue weighted by molar-refractivity contribution is -0.143. The minimum atomic E-state index is -3.06. The van der Waals surface area contributed by atoms with Gasteiger partial charge in [0.2, 0.25) is 0 Å². The molecule has 0 bridgehead atoms. The topological polar surface area (TPSA) is 107 Å². The molecular weight excluding hydrogens is 358 g/mol. The Morgan fingerprint density at radius 3 is 2.79 bits per heavy atom. The molecule has 132 valence electrons. The van der Waals surface area contributed by atoms with Crippen LogP contribution >= 0.6 is 11.6 Å². The fourth-order valence-corrected chi connectivity index (χ4v) is 4.41. The highest BCUT2D eigenvalue weighted by Crippen LogP contribution is 2.30. The largest absolute Gasteiger partial charge is 0.452 e. The number of sulfone groups is 1. The molecule has 2 heterocycles. The minimum Gasteiger partial charge on any atom is -0.452 e. The highest BCUT2D eigenvalue weighted by molar-refractivity contribution is 7.91. The van der Waals surface area contributed by atoms with Crippen LogP contribution in [0.1, 0.15) is 23.7 Å². The molecule has 24 heavy (non-hydrogen) atoms. The number of carbonyl (C=O) groups is 2. The van der Waals surface area contributed by atoms with Gasteiger partial charge in [-0.2, -0.15) is 5.10 Å². The van der Waals surface area contributed by atoms with E-state index in [1.807, 2.05) is 0 Å². The molecule has 1 atom stereocenters. The van der Waals surface area contributed by atoms with Crippen molar-refractivity contribution in [1.82, 2.24) is 15.1 Å². The highest BCUT2D eigenvalue weighted by Gasteiger charge is 2.31. The Hall–Kier alpha value is -1.87. The van der Waals surface area contributed by atoms with E-state index in [2.05, 4.69) is 10.4 Å². The summed E-state index contributed by atoms with van der Waals surface area (Å²) < 4.78 is 29.4. The molecule has 10 heteroatoms. The summed E-state index contributed by atoms with van der Waals surface area (Å²) in [5, 5.41) is 6.87. The molecule has 1 N–H and O–H groups in total. The van der Waals surface area contributed by atoms with Crippen molar-refractivity contribution < 1.29 is 22.7 Å². The smallest absolute Gasteiger partial charge is 0.331 e. The van der Waals surface area contributed by atoms with Crippen LogP contribution < -0.4 is 5.32 Å². The Kier molecular flexibility index (Phi) is 5.66. The van der Waals surface area contributed by atoms with E-state index < -0.39 is 21.7 Å². The monoisotopic (exact) mass is 375 g/mol. The normalized spacial score (nSPS) is 19.5. The van der Waals surface area contributed by atoms with Crippen LogP contribution in [-0.4, -0.2) is 55.2 Å². The summed E-state index contributed by atoms with van der Waals surface area (Å²) in [4.78, 5) is 22.6. The molecule has 0 saturated carbocycles. The number of aromatic nitrogens is 2. The van der Waals surface area contributed by atoms with Crippen molar-refractivity contribution in [2.45, 2.75) is 19.4 Å². The first-order valence-corrected chi connectivity index (χ1v) is 9.44. The van der Waals surface area contributed by atoms with Crippen molar-refractivity contribution >= 4 is 39.4 Å². The second-order valence-corrected chi connectivity index (χ2v) is 7.99. The number of hydrogen-bond donors (Lipinski definition) is 1. The number of esters is 1. The van der Waals surface area contributed by atoms with Crippen LogP contribution in [-0.2, 0) is 24.2 Å². The summed E-state index contributed by atoms with van der Waals surface area (Å²) in [5.41, 5.74) is 1.08. The van der Waals surface area contributed by atoms with Gasteiger partial charge in [-0.1, -0.05) is 11.6 Å². The lowest BCUT2D eigenvalue weighted by Crippen LogP contribution is -2.24. The first-order chi connectivity index (χ1) is 11.2. The number of ether oxygens (including phenoxy) is 1. The van der Waals surface area contributed by atoms with Crippen molar-refractivity contribution in [1.29, 1.82) is 0 Å². The number of amides is 1. The molecule has 8 nitrogen and oxygen atoms in total. The van der Waals surface area contributed by atoms with Gasteiger partial charge in [-0.15, -0.1) is 0 Å². The number of halogens is 1. The third kappa shape index (κ3) is 4.35. The molecule has 0 unspecified atom stereocenters. The van der Waals surface area contributed by atoms with E-state index in [9.17, 15) is 18.0 Å². The molecule has 1 saturated heterocycles. The van der Waals surface area contributed by atoms with E-state index in [0.29, 0.717) is 17.7 Å². The number of hydrogen-bond acceptors (Lipinski definition) is 6. The fraction of sp³-hybridized carbons (Fsp3) is 0.500. The first kappa shape index (κ1) is 18.5. The lowest BCUT2D eigenvalue weighted by Gasteiger charge is -2.09. The third-order valence-corrected chi connectivity index (χ3v) is 5.76. The van der Waals surface area contributed by atoms with E-state index in [4.69, 9.17) is 16.3 Å². The quantitative estimate of drug-likeness (QED) is 0.593. The zero-order valence-electron chi connectivity index (χ0n) is 13.3. The number of carbonyl (C=O) groups excluding carboxylic acids is 2. The van der Waals surface area contributed by atoms with E-state index in [1.54, 1.807) is 6.92 Å². The Labute approximate surface area is 144 Å². The first-order valence-electron chi connectivity index (χ1n) is 7.24. The average molecular weight is 376 g/mol. The van der Waals surface area contributed by atoms with Crippen molar-refractivity contribution in [3.63, 3.8) is 0 Å². The third-order valence-electron chi connectivity index (χ3n) is 3.64. The maximum Gasteiger partial charge on any atom is 0.331 e. The molecule has 1 amide bonds. The Morgan fingerprint density at radius 2 is 2.21 bits per heavy atom. The maximum absolute atomic E-state index is 11.6. The molecule has 1 aliphatic heterocycles. The van der Waals surface area contributed by atoms with E-state index in [1.165, 1.54) is 17.8 Å². The van der Waals surface area contributed by atoms with Gasteiger partial charge in [-0.25, -0.2) is 17.9 Å². The summed E-state index contributed by atoms with van der Waals surface area (Å²) >= 11 is 6.27. The highest BCUT2D eigenvalue weighted by atomic mass is 35.5. The van der Waals surface area contributed by atoms with Crippen LogP contribution in [0.15, 0.2) is 6.08 Å². The number of nitrogens with zero attached hydrogens (tertiary/aromatic N) is 2. The van der Waals surface area contributed by atoms with Crippen molar-refractivity contribution in [2.24, 2.45) is 0 Å². The number of rotatable bonds is 5. The molecule has 1 aromatic rings. The van der Waals surface area contributed by atoms with Crippen LogP contribution in [0.2, 0.25) is 5.15 Å². The summed E-state index contributed by atoms with van der Waals surface area (Å²) in [6, 6.07) is -0.302. The zero-order valence-corrected chi connectivity index (χ0v) is 14.9. The number of nitrogens with one attached hydrogen (secondary N) is 1. The van der Waals surface area contributed by atoms with Crippen LogP contribution in [0, 0.1) is 6.92 Å². The Balaban J connectivity index is 2.10. The van der Waals surface area contributed by atoms with E-state index >= 15 is 0 Å². The summed E-state index contributed by atoms with van der Waals surface area (Å²) in [7, 11) is -1.62. The number of aryl methyl sites for hydroxylation is 1. The zero-order chi connectivity index (χ0) is 17.9. The summed E-state index contributed by atoms with van der Waals surface area (Å²) in [6.45, 7) is 1.34. The predicted octanol–water partition coefficient (Wildman–Crippen LogP) is 0.507. The molecule has 2 rings (SSSR count). The standard InChI is InChI=1S/C14H18ClN3O5S/c1-9-11(3-4-13(20)23-7-12(19)16-2)14(15)18(17-9)10-5-6-24(21,22)8-10/h3-4,10H,5-8H2,1-2H3,(H,16,19)/b4-3+/t10-/m0/s1. The van der Waals surface area contributed by atoms with Gasteiger partial charge in [0.05, 0.1) is 23.2 Å².